The molecule has 3 heteroatoms. The van der Waals surface area contributed by atoms with Crippen molar-refractivity contribution in [3.05, 3.63) is 94.8 Å². The molecule has 1 atom stereocenters. The number of hydrogen-bond acceptors (Lipinski definition) is 2. The van der Waals surface area contributed by atoms with Gasteiger partial charge in [-0.3, -0.25) is 4.98 Å². The van der Waals surface area contributed by atoms with Crippen molar-refractivity contribution in [1.82, 2.24) is 4.98 Å². The van der Waals surface area contributed by atoms with Gasteiger partial charge < -0.3 is 4.74 Å². The molecule has 0 bridgehead atoms. The van der Waals surface area contributed by atoms with Gasteiger partial charge in [-0.05, 0) is 35.4 Å². The number of halogens is 1. The summed E-state index contributed by atoms with van der Waals surface area (Å²) in [7, 11) is 1.65. The highest BCUT2D eigenvalue weighted by atomic mass is 35.5. The molecular formula is C20H18ClNO. The molecule has 0 aliphatic rings. The minimum absolute atomic E-state index is 0.218. The summed E-state index contributed by atoms with van der Waals surface area (Å²) in [6.07, 6.45) is 2.57. The fourth-order valence-corrected chi connectivity index (χ4v) is 2.90. The maximum absolute atomic E-state index is 6.19. The quantitative estimate of drug-likeness (QED) is 0.650. The number of nitrogens with zero attached hydrogens (tertiary/aromatic N) is 1. The smallest absolute Gasteiger partial charge is 0.137 e. The van der Waals surface area contributed by atoms with Crippen LogP contribution < -0.4 is 4.74 Å². The first-order valence-corrected chi connectivity index (χ1v) is 7.93. The van der Waals surface area contributed by atoms with Gasteiger partial charge in [0.1, 0.15) is 5.75 Å². The highest BCUT2D eigenvalue weighted by Gasteiger charge is 2.16. The van der Waals surface area contributed by atoms with Crippen molar-refractivity contribution < 1.29 is 4.74 Å². The predicted molar refractivity (Wildman–Crippen MR) is 94.2 cm³/mol. The van der Waals surface area contributed by atoms with Crippen LogP contribution in [0.1, 0.15) is 22.7 Å². The molecule has 0 aliphatic heterocycles. The molecule has 0 fully saturated rings. The Morgan fingerprint density at radius 1 is 0.957 bits per heavy atom. The van der Waals surface area contributed by atoms with Crippen LogP contribution in [0.25, 0.3) is 0 Å². The second kappa shape index (κ2) is 7.30. The van der Waals surface area contributed by atoms with Crippen molar-refractivity contribution in [3.63, 3.8) is 0 Å². The van der Waals surface area contributed by atoms with E-state index >= 15 is 0 Å². The molecule has 0 saturated heterocycles. The third-order valence-electron chi connectivity index (χ3n) is 3.90. The third-order valence-corrected chi connectivity index (χ3v) is 4.13. The van der Waals surface area contributed by atoms with Crippen molar-refractivity contribution in [2.24, 2.45) is 0 Å². The van der Waals surface area contributed by atoms with E-state index in [0.717, 1.165) is 22.9 Å². The van der Waals surface area contributed by atoms with Crippen LogP contribution in [0.5, 0.6) is 5.75 Å². The van der Waals surface area contributed by atoms with Crippen LogP contribution >= 0.6 is 11.6 Å². The Labute approximate surface area is 141 Å². The van der Waals surface area contributed by atoms with Crippen molar-refractivity contribution in [2.45, 2.75) is 12.3 Å². The van der Waals surface area contributed by atoms with Gasteiger partial charge in [0.05, 0.1) is 13.3 Å². The molecule has 0 aliphatic carbocycles. The SMILES string of the molecule is COc1ccc(CC(c2ccccc2)c2cccc(Cl)c2)nc1. The minimum Gasteiger partial charge on any atom is -0.495 e. The van der Waals surface area contributed by atoms with Gasteiger partial charge in [-0.2, -0.15) is 0 Å². The van der Waals surface area contributed by atoms with Crippen LogP contribution in [-0.4, -0.2) is 12.1 Å². The van der Waals surface area contributed by atoms with E-state index in [9.17, 15) is 0 Å². The zero-order chi connectivity index (χ0) is 16.1. The first-order chi connectivity index (χ1) is 11.3. The van der Waals surface area contributed by atoms with Gasteiger partial charge in [0.25, 0.3) is 0 Å². The first kappa shape index (κ1) is 15.6. The van der Waals surface area contributed by atoms with E-state index in [2.05, 4.69) is 35.3 Å². The molecule has 0 radical (unpaired) electrons. The van der Waals surface area contributed by atoms with Gasteiger partial charge in [-0.15, -0.1) is 0 Å². The van der Waals surface area contributed by atoms with E-state index in [1.165, 1.54) is 11.1 Å². The fourth-order valence-electron chi connectivity index (χ4n) is 2.70. The monoisotopic (exact) mass is 323 g/mol. The molecular weight excluding hydrogens is 306 g/mol. The van der Waals surface area contributed by atoms with Crippen LogP contribution in [0.2, 0.25) is 5.02 Å². The second-order valence-corrected chi connectivity index (χ2v) is 5.85. The molecule has 0 spiro atoms. The number of methoxy groups -OCH3 is 1. The largest absolute Gasteiger partial charge is 0.495 e. The predicted octanol–water partition coefficient (Wildman–Crippen LogP) is 5.12. The van der Waals surface area contributed by atoms with Crippen LogP contribution in [-0.2, 0) is 6.42 Å². The van der Waals surface area contributed by atoms with E-state index in [1.54, 1.807) is 13.3 Å². The highest BCUT2D eigenvalue weighted by molar-refractivity contribution is 6.30. The molecule has 116 valence electrons. The zero-order valence-electron chi connectivity index (χ0n) is 12.9. The van der Waals surface area contributed by atoms with Crippen molar-refractivity contribution in [3.8, 4) is 5.75 Å². The number of rotatable bonds is 5. The van der Waals surface area contributed by atoms with Gasteiger partial charge in [0.15, 0.2) is 0 Å². The molecule has 0 amide bonds. The second-order valence-electron chi connectivity index (χ2n) is 5.41. The van der Waals surface area contributed by atoms with Gasteiger partial charge in [0, 0.05) is 23.1 Å². The summed E-state index contributed by atoms with van der Waals surface area (Å²) >= 11 is 6.19. The molecule has 3 rings (SSSR count). The Hall–Kier alpha value is -2.32. The lowest BCUT2D eigenvalue weighted by atomic mass is 9.87. The number of hydrogen-bond donors (Lipinski definition) is 0. The summed E-state index contributed by atoms with van der Waals surface area (Å²) in [5.41, 5.74) is 3.48. The molecule has 0 saturated carbocycles. The van der Waals surface area contributed by atoms with Crippen LogP contribution in [0.3, 0.4) is 0 Å². The van der Waals surface area contributed by atoms with E-state index in [0.29, 0.717) is 0 Å². The van der Waals surface area contributed by atoms with Crippen molar-refractivity contribution >= 4 is 11.6 Å². The van der Waals surface area contributed by atoms with E-state index in [1.807, 2.05) is 36.4 Å². The zero-order valence-corrected chi connectivity index (χ0v) is 13.7. The molecule has 2 aromatic carbocycles. The average Bonchev–Trinajstić information content (AvgIpc) is 2.61. The van der Waals surface area contributed by atoms with Gasteiger partial charge >= 0.3 is 0 Å². The maximum Gasteiger partial charge on any atom is 0.137 e. The van der Waals surface area contributed by atoms with Crippen LogP contribution in [0.15, 0.2) is 72.9 Å². The molecule has 1 heterocycles. The Bertz CT molecular complexity index is 756. The van der Waals surface area contributed by atoms with E-state index in [4.69, 9.17) is 16.3 Å². The summed E-state index contributed by atoms with van der Waals surface area (Å²) in [6, 6.07) is 22.5. The molecule has 1 aromatic heterocycles. The summed E-state index contributed by atoms with van der Waals surface area (Å²) in [5.74, 6) is 0.989. The van der Waals surface area contributed by atoms with Gasteiger partial charge in [-0.1, -0.05) is 54.1 Å². The number of ether oxygens (including phenoxy) is 1. The van der Waals surface area contributed by atoms with Crippen LogP contribution in [0.4, 0.5) is 0 Å². The lowest BCUT2D eigenvalue weighted by molar-refractivity contribution is 0.412. The Balaban J connectivity index is 1.94. The molecule has 3 aromatic rings. The molecule has 23 heavy (non-hydrogen) atoms. The van der Waals surface area contributed by atoms with Crippen molar-refractivity contribution in [1.29, 1.82) is 0 Å². The normalized spacial score (nSPS) is 11.9. The lowest BCUT2D eigenvalue weighted by Gasteiger charge is -2.18. The molecule has 0 N–H and O–H groups in total. The Kier molecular flexibility index (Phi) is 4.94. The number of pyridine rings is 1. The minimum atomic E-state index is 0.218. The molecule has 2 nitrogen and oxygen atoms in total. The van der Waals surface area contributed by atoms with Crippen molar-refractivity contribution in [2.75, 3.05) is 7.11 Å². The summed E-state index contributed by atoms with van der Waals surface area (Å²) in [4.78, 5) is 4.50. The third kappa shape index (κ3) is 3.91. The number of benzene rings is 2. The van der Waals surface area contributed by atoms with Crippen LogP contribution in [0, 0.1) is 0 Å². The lowest BCUT2D eigenvalue weighted by Crippen LogP contribution is -2.06. The van der Waals surface area contributed by atoms with Gasteiger partial charge in [-0.25, -0.2) is 0 Å². The molecule has 1 unspecified atom stereocenters. The summed E-state index contributed by atoms with van der Waals surface area (Å²) < 4.78 is 5.18. The van der Waals surface area contributed by atoms with Gasteiger partial charge in [0.2, 0.25) is 0 Å². The van der Waals surface area contributed by atoms with E-state index < -0.39 is 0 Å². The Morgan fingerprint density at radius 2 is 1.74 bits per heavy atom. The Morgan fingerprint density at radius 3 is 2.39 bits per heavy atom. The maximum atomic E-state index is 6.19. The highest BCUT2D eigenvalue weighted by Crippen LogP contribution is 2.29. The standard InChI is InChI=1S/C20H18ClNO/c1-23-19-11-10-18(22-14-19)13-20(15-6-3-2-4-7-15)16-8-5-9-17(21)12-16/h2-12,14,20H,13H2,1H3. The number of aromatic nitrogens is 1. The summed E-state index contributed by atoms with van der Waals surface area (Å²) in [6.45, 7) is 0. The average molecular weight is 324 g/mol. The summed E-state index contributed by atoms with van der Waals surface area (Å²) in [5, 5.41) is 0.756. The first-order valence-electron chi connectivity index (χ1n) is 7.55. The topological polar surface area (TPSA) is 22.1 Å². The van der Waals surface area contributed by atoms with E-state index in [-0.39, 0.29) is 5.92 Å². The fraction of sp³-hybridized carbons (Fsp3) is 0.150.